The van der Waals surface area contributed by atoms with Gasteiger partial charge in [0.25, 0.3) is 5.92 Å². The van der Waals surface area contributed by atoms with Crippen molar-refractivity contribution in [3.63, 3.8) is 0 Å². The summed E-state index contributed by atoms with van der Waals surface area (Å²) in [5.74, 6) is -3.33. The van der Waals surface area contributed by atoms with Crippen LogP contribution in [0.3, 0.4) is 0 Å². The molecule has 1 aromatic carbocycles. The molecule has 4 atom stereocenters. The second kappa shape index (κ2) is 8.14. The Hall–Kier alpha value is -1.80. The number of alkyl halides is 2. The molecule has 1 saturated carbocycles. The minimum atomic E-state index is -3.05. The van der Waals surface area contributed by atoms with Gasteiger partial charge in [0.15, 0.2) is 0 Å². The molecule has 2 fully saturated rings. The Bertz CT molecular complexity index is 721. The first-order valence-electron chi connectivity index (χ1n) is 9.99. The van der Waals surface area contributed by atoms with E-state index < -0.39 is 36.2 Å². The van der Waals surface area contributed by atoms with Gasteiger partial charge in [-0.25, -0.2) is 18.0 Å². The number of carbonyl (C=O) groups excluding carboxylic acids is 1. The molecule has 2 N–H and O–H groups in total. The summed E-state index contributed by atoms with van der Waals surface area (Å²) in [4.78, 5) is 13.8. The van der Waals surface area contributed by atoms with Gasteiger partial charge in [-0.2, -0.15) is 0 Å². The van der Waals surface area contributed by atoms with Crippen LogP contribution in [-0.2, 0) is 4.74 Å². The molecule has 3 rings (SSSR count). The van der Waals surface area contributed by atoms with E-state index >= 15 is 0 Å². The topological polar surface area (TPSA) is 61.8 Å². The van der Waals surface area contributed by atoms with Crippen molar-refractivity contribution >= 4 is 6.09 Å². The molecular formula is C21H29F3N2O3. The lowest BCUT2D eigenvalue weighted by Gasteiger charge is -2.42. The first kappa shape index (κ1) is 21.9. The third kappa shape index (κ3) is 5.42. The lowest BCUT2D eigenvalue weighted by molar-refractivity contribution is -0.0977. The summed E-state index contributed by atoms with van der Waals surface area (Å²) in [5, 5.41) is 12.9. The number of benzene rings is 1. The Morgan fingerprint density at radius 3 is 2.52 bits per heavy atom. The second-order valence-electron chi connectivity index (χ2n) is 9.06. The first-order chi connectivity index (χ1) is 13.4. The molecule has 4 unspecified atom stereocenters. The maximum Gasteiger partial charge on any atom is 0.408 e. The number of nitrogens with zero attached hydrogens (tertiary/aromatic N) is 1. The summed E-state index contributed by atoms with van der Waals surface area (Å²) < 4.78 is 47.1. The summed E-state index contributed by atoms with van der Waals surface area (Å²) in [6.45, 7) is 5.08. The lowest BCUT2D eigenvalue weighted by atomic mass is 9.96. The molecule has 1 saturated heterocycles. The molecule has 1 aliphatic heterocycles. The van der Waals surface area contributed by atoms with Crippen molar-refractivity contribution in [3.05, 3.63) is 35.6 Å². The minimum absolute atomic E-state index is 0.0373. The maximum absolute atomic E-state index is 14.4. The quantitative estimate of drug-likeness (QED) is 0.792. The van der Waals surface area contributed by atoms with E-state index in [1.165, 1.54) is 12.1 Å². The Balaban J connectivity index is 1.66. The number of halogens is 3. The average Bonchev–Trinajstić information content (AvgIpc) is 2.97. The number of alkyl carbamates (subject to hydrolysis) is 1. The van der Waals surface area contributed by atoms with Gasteiger partial charge < -0.3 is 15.2 Å². The summed E-state index contributed by atoms with van der Waals surface area (Å²) in [7, 11) is 0. The van der Waals surface area contributed by atoms with Crippen LogP contribution in [0, 0.1) is 5.82 Å². The highest BCUT2D eigenvalue weighted by molar-refractivity contribution is 5.68. The van der Waals surface area contributed by atoms with E-state index in [0.29, 0.717) is 12.8 Å². The van der Waals surface area contributed by atoms with Crippen LogP contribution >= 0.6 is 0 Å². The molecule has 0 bridgehead atoms. The van der Waals surface area contributed by atoms with Crippen molar-refractivity contribution in [3.8, 4) is 0 Å². The summed E-state index contributed by atoms with van der Waals surface area (Å²) in [6.07, 6.45) is -0.859. The van der Waals surface area contributed by atoms with Crippen LogP contribution in [0.15, 0.2) is 24.3 Å². The number of likely N-dealkylation sites (tertiary alicyclic amines) is 1. The van der Waals surface area contributed by atoms with Crippen molar-refractivity contribution in [2.45, 2.75) is 75.7 Å². The predicted molar refractivity (Wildman–Crippen MR) is 102 cm³/mol. The van der Waals surface area contributed by atoms with E-state index in [9.17, 15) is 23.1 Å². The number of aliphatic hydroxyl groups excluding tert-OH is 1. The number of hydrogen-bond acceptors (Lipinski definition) is 4. The summed E-state index contributed by atoms with van der Waals surface area (Å²) >= 11 is 0. The maximum atomic E-state index is 14.4. The van der Waals surface area contributed by atoms with Gasteiger partial charge in [-0.15, -0.1) is 0 Å². The molecule has 162 valence electrons. The molecule has 0 radical (unpaired) electrons. The van der Waals surface area contributed by atoms with Crippen LogP contribution < -0.4 is 5.32 Å². The number of carbonyl (C=O) groups is 1. The zero-order valence-corrected chi connectivity index (χ0v) is 17.0. The highest BCUT2D eigenvalue weighted by Gasteiger charge is 2.49. The molecule has 0 aromatic heterocycles. The van der Waals surface area contributed by atoms with Gasteiger partial charge in [-0.05, 0) is 57.2 Å². The fourth-order valence-corrected chi connectivity index (χ4v) is 4.22. The van der Waals surface area contributed by atoms with Gasteiger partial charge in [0.2, 0.25) is 0 Å². The number of ether oxygens (including phenoxy) is 1. The molecular weight excluding hydrogens is 385 g/mol. The third-order valence-electron chi connectivity index (χ3n) is 5.66. The Labute approximate surface area is 169 Å². The van der Waals surface area contributed by atoms with Crippen molar-refractivity contribution in [1.82, 2.24) is 10.2 Å². The minimum Gasteiger partial charge on any atom is -0.444 e. The van der Waals surface area contributed by atoms with Gasteiger partial charge in [-0.3, -0.25) is 4.90 Å². The fraction of sp³-hybridized carbons (Fsp3) is 0.667. The highest BCUT2D eigenvalue weighted by atomic mass is 19.3. The zero-order chi connectivity index (χ0) is 21.4. The SMILES string of the molecule is CC(C)(C)OC(=O)NC1CN(C2CC(c3ccc(F)cc3)CC2O)CCC1(F)F. The summed E-state index contributed by atoms with van der Waals surface area (Å²) in [6, 6.07) is 4.50. The number of nitrogens with one attached hydrogen (secondary N) is 1. The van der Waals surface area contributed by atoms with Crippen LogP contribution in [0.4, 0.5) is 18.0 Å². The third-order valence-corrected chi connectivity index (χ3v) is 5.66. The largest absolute Gasteiger partial charge is 0.444 e. The van der Waals surface area contributed by atoms with E-state index in [2.05, 4.69) is 5.32 Å². The predicted octanol–water partition coefficient (Wildman–Crippen LogP) is 3.67. The summed E-state index contributed by atoms with van der Waals surface area (Å²) in [5.41, 5.74) is 0.149. The zero-order valence-electron chi connectivity index (χ0n) is 17.0. The normalized spacial score (nSPS) is 30.2. The van der Waals surface area contributed by atoms with Crippen LogP contribution in [0.2, 0.25) is 0 Å². The second-order valence-corrected chi connectivity index (χ2v) is 9.06. The molecule has 2 aliphatic rings. The molecule has 5 nitrogen and oxygen atoms in total. The van der Waals surface area contributed by atoms with Gasteiger partial charge in [0.05, 0.1) is 6.10 Å². The number of piperidine rings is 1. The van der Waals surface area contributed by atoms with Crippen LogP contribution in [0.1, 0.15) is 51.5 Å². The molecule has 0 spiro atoms. The standard InChI is InChI=1S/C21H29F3N2O3/c1-20(2,3)29-19(28)25-18-12-26(9-8-21(18,23)24)16-10-14(11-17(16)27)13-4-6-15(22)7-5-13/h4-7,14,16-18,27H,8-12H2,1-3H3,(H,25,28). The molecule has 1 amide bonds. The van der Waals surface area contributed by atoms with Gasteiger partial charge in [-0.1, -0.05) is 12.1 Å². The Morgan fingerprint density at radius 2 is 1.90 bits per heavy atom. The van der Waals surface area contributed by atoms with E-state index in [0.717, 1.165) is 5.56 Å². The highest BCUT2D eigenvalue weighted by Crippen LogP contribution is 2.39. The molecule has 29 heavy (non-hydrogen) atoms. The van der Waals surface area contributed by atoms with Crippen LogP contribution in [-0.4, -0.2) is 58.9 Å². The van der Waals surface area contributed by atoms with E-state index in [-0.39, 0.29) is 30.9 Å². The number of amides is 1. The monoisotopic (exact) mass is 414 g/mol. The fourth-order valence-electron chi connectivity index (χ4n) is 4.22. The number of aliphatic hydroxyl groups is 1. The van der Waals surface area contributed by atoms with Gasteiger partial charge in [0, 0.05) is 25.6 Å². The number of rotatable bonds is 3. The molecule has 1 aromatic rings. The first-order valence-corrected chi connectivity index (χ1v) is 9.99. The molecule has 8 heteroatoms. The molecule has 1 heterocycles. The van der Waals surface area contributed by atoms with Crippen molar-refractivity contribution < 1.29 is 27.8 Å². The van der Waals surface area contributed by atoms with E-state index in [1.54, 1.807) is 32.9 Å². The van der Waals surface area contributed by atoms with Crippen molar-refractivity contribution in [1.29, 1.82) is 0 Å². The Kier molecular flexibility index (Phi) is 6.15. The Morgan fingerprint density at radius 1 is 1.24 bits per heavy atom. The average molecular weight is 414 g/mol. The van der Waals surface area contributed by atoms with E-state index in [1.807, 2.05) is 4.90 Å². The molecule has 1 aliphatic carbocycles. The smallest absolute Gasteiger partial charge is 0.408 e. The van der Waals surface area contributed by atoms with Crippen LogP contribution in [0.5, 0.6) is 0 Å². The van der Waals surface area contributed by atoms with Crippen LogP contribution in [0.25, 0.3) is 0 Å². The van der Waals surface area contributed by atoms with E-state index in [4.69, 9.17) is 4.74 Å². The van der Waals surface area contributed by atoms with Crippen molar-refractivity contribution in [2.75, 3.05) is 13.1 Å². The lowest BCUT2D eigenvalue weighted by Crippen LogP contribution is -2.61. The van der Waals surface area contributed by atoms with Gasteiger partial charge in [0.1, 0.15) is 17.5 Å². The van der Waals surface area contributed by atoms with Gasteiger partial charge >= 0.3 is 6.09 Å². The van der Waals surface area contributed by atoms with Crippen molar-refractivity contribution in [2.24, 2.45) is 0 Å². The number of hydrogen-bond donors (Lipinski definition) is 2.